The van der Waals surface area contributed by atoms with Crippen LogP contribution >= 0.6 is 0 Å². The largest absolute Gasteiger partial charge is 0.348 e. The van der Waals surface area contributed by atoms with Crippen molar-refractivity contribution >= 4 is 0 Å². The fourth-order valence-corrected chi connectivity index (χ4v) is 1.81. The molecule has 3 nitrogen and oxygen atoms in total. The van der Waals surface area contributed by atoms with Crippen molar-refractivity contribution in [3.05, 3.63) is 18.2 Å². The van der Waals surface area contributed by atoms with Gasteiger partial charge in [-0.15, -0.1) is 0 Å². The van der Waals surface area contributed by atoms with Crippen LogP contribution < -0.4 is 5.32 Å². The van der Waals surface area contributed by atoms with Gasteiger partial charge < -0.3 is 10.3 Å². The first-order chi connectivity index (χ1) is 6.84. The van der Waals surface area contributed by atoms with Crippen LogP contribution in [0.1, 0.15) is 31.9 Å². The summed E-state index contributed by atoms with van der Waals surface area (Å²) in [5.74, 6) is 1.02. The van der Waals surface area contributed by atoms with E-state index in [0.29, 0.717) is 6.04 Å². The lowest BCUT2D eigenvalue weighted by atomic mass is 10.1. The number of hydrogen-bond donors (Lipinski definition) is 2. The number of H-pyrrole nitrogens is 1. The predicted molar refractivity (Wildman–Crippen MR) is 57.1 cm³/mol. The lowest BCUT2D eigenvalue weighted by Gasteiger charge is -2.12. The lowest BCUT2D eigenvalue weighted by molar-refractivity contribution is 0.490. The quantitative estimate of drug-likeness (QED) is 0.722. The van der Waals surface area contributed by atoms with E-state index in [2.05, 4.69) is 22.2 Å². The molecular formula is C11H19N3. The number of nitrogens with zero attached hydrogens (tertiary/aromatic N) is 1. The summed E-state index contributed by atoms with van der Waals surface area (Å²) in [6, 6.07) is 0.672. The minimum absolute atomic E-state index is 0.672. The fourth-order valence-electron chi connectivity index (χ4n) is 1.81. The molecule has 1 aromatic rings. The van der Waals surface area contributed by atoms with Gasteiger partial charge in [-0.3, -0.25) is 0 Å². The average Bonchev–Trinajstić information content (AvgIpc) is 2.82. The first-order valence-corrected chi connectivity index (χ1v) is 5.55. The summed E-state index contributed by atoms with van der Waals surface area (Å²) in [6.45, 7) is 3.33. The second-order valence-electron chi connectivity index (χ2n) is 4.36. The van der Waals surface area contributed by atoms with Crippen molar-refractivity contribution in [2.75, 3.05) is 6.54 Å². The number of aromatic amines is 1. The molecule has 0 aliphatic heterocycles. The van der Waals surface area contributed by atoms with E-state index in [4.69, 9.17) is 0 Å². The maximum absolute atomic E-state index is 3.99. The highest BCUT2D eigenvalue weighted by atomic mass is 14.9. The van der Waals surface area contributed by atoms with Crippen molar-refractivity contribution in [3.63, 3.8) is 0 Å². The van der Waals surface area contributed by atoms with Crippen LogP contribution in [0.2, 0.25) is 0 Å². The van der Waals surface area contributed by atoms with Crippen molar-refractivity contribution in [1.29, 1.82) is 0 Å². The Morgan fingerprint density at radius 1 is 1.64 bits per heavy atom. The van der Waals surface area contributed by atoms with Crippen LogP contribution in [0.25, 0.3) is 0 Å². The van der Waals surface area contributed by atoms with Gasteiger partial charge in [0.1, 0.15) is 0 Å². The van der Waals surface area contributed by atoms with Gasteiger partial charge in [-0.05, 0) is 19.3 Å². The molecule has 0 aromatic carbocycles. The zero-order valence-corrected chi connectivity index (χ0v) is 8.79. The summed E-state index contributed by atoms with van der Waals surface area (Å²) < 4.78 is 0. The molecule has 1 saturated carbocycles. The summed E-state index contributed by atoms with van der Waals surface area (Å²) in [4.78, 5) is 7.11. The third-order valence-corrected chi connectivity index (χ3v) is 2.83. The Labute approximate surface area is 85.3 Å². The molecule has 0 bridgehead atoms. The molecular weight excluding hydrogens is 174 g/mol. The van der Waals surface area contributed by atoms with E-state index in [1.165, 1.54) is 25.0 Å². The molecule has 1 aliphatic rings. The molecule has 2 N–H and O–H groups in total. The molecule has 1 heterocycles. The Bertz CT molecular complexity index is 252. The zero-order valence-electron chi connectivity index (χ0n) is 8.79. The fraction of sp³-hybridized carbons (Fsp3) is 0.727. The highest BCUT2D eigenvalue weighted by Crippen LogP contribution is 2.33. The molecule has 1 atom stereocenters. The molecule has 1 aliphatic carbocycles. The van der Waals surface area contributed by atoms with E-state index in [1.54, 1.807) is 6.33 Å². The maximum atomic E-state index is 3.99. The van der Waals surface area contributed by atoms with Gasteiger partial charge in [0.05, 0.1) is 6.33 Å². The van der Waals surface area contributed by atoms with Gasteiger partial charge in [0.15, 0.2) is 0 Å². The molecule has 0 saturated heterocycles. The van der Waals surface area contributed by atoms with Gasteiger partial charge in [0.2, 0.25) is 0 Å². The minimum Gasteiger partial charge on any atom is -0.348 e. The maximum Gasteiger partial charge on any atom is 0.0921 e. The van der Waals surface area contributed by atoms with E-state index < -0.39 is 0 Å². The summed E-state index contributed by atoms with van der Waals surface area (Å²) in [7, 11) is 0. The van der Waals surface area contributed by atoms with E-state index in [0.717, 1.165) is 18.9 Å². The Balaban J connectivity index is 1.57. The monoisotopic (exact) mass is 193 g/mol. The summed E-state index contributed by atoms with van der Waals surface area (Å²) in [5.41, 5.74) is 1.22. The number of rotatable bonds is 6. The Kier molecular flexibility index (Phi) is 3.19. The SMILES string of the molecule is CC(CC1CC1)NCCc1cnc[nH]1. The second kappa shape index (κ2) is 4.60. The van der Waals surface area contributed by atoms with Gasteiger partial charge >= 0.3 is 0 Å². The van der Waals surface area contributed by atoms with E-state index in [-0.39, 0.29) is 0 Å². The number of imidazole rings is 1. The van der Waals surface area contributed by atoms with Gasteiger partial charge in [0.25, 0.3) is 0 Å². The zero-order chi connectivity index (χ0) is 9.80. The van der Waals surface area contributed by atoms with Crippen LogP contribution in [-0.2, 0) is 6.42 Å². The molecule has 2 rings (SSSR count). The summed E-state index contributed by atoms with van der Waals surface area (Å²) in [6.07, 6.45) is 8.94. The molecule has 0 radical (unpaired) electrons. The number of hydrogen-bond acceptors (Lipinski definition) is 2. The first-order valence-electron chi connectivity index (χ1n) is 5.55. The highest BCUT2D eigenvalue weighted by Gasteiger charge is 2.22. The van der Waals surface area contributed by atoms with Crippen LogP contribution in [-0.4, -0.2) is 22.6 Å². The second-order valence-corrected chi connectivity index (χ2v) is 4.36. The molecule has 0 spiro atoms. The van der Waals surface area contributed by atoms with Crippen LogP contribution in [0.3, 0.4) is 0 Å². The van der Waals surface area contributed by atoms with Crippen molar-refractivity contribution in [1.82, 2.24) is 15.3 Å². The van der Waals surface area contributed by atoms with Gasteiger partial charge in [0, 0.05) is 30.9 Å². The Morgan fingerprint density at radius 2 is 2.50 bits per heavy atom. The van der Waals surface area contributed by atoms with Crippen molar-refractivity contribution in [3.8, 4) is 0 Å². The van der Waals surface area contributed by atoms with Crippen molar-refractivity contribution < 1.29 is 0 Å². The van der Waals surface area contributed by atoms with E-state index >= 15 is 0 Å². The van der Waals surface area contributed by atoms with Gasteiger partial charge in [-0.2, -0.15) is 0 Å². The average molecular weight is 193 g/mol. The summed E-state index contributed by atoms with van der Waals surface area (Å²) in [5, 5.41) is 3.54. The molecule has 3 heteroatoms. The van der Waals surface area contributed by atoms with Crippen LogP contribution in [0, 0.1) is 5.92 Å². The predicted octanol–water partition coefficient (Wildman–Crippen LogP) is 1.73. The molecule has 1 unspecified atom stereocenters. The minimum atomic E-state index is 0.672. The summed E-state index contributed by atoms with van der Waals surface area (Å²) >= 11 is 0. The van der Waals surface area contributed by atoms with Gasteiger partial charge in [-0.1, -0.05) is 12.8 Å². The molecule has 78 valence electrons. The number of aromatic nitrogens is 2. The van der Waals surface area contributed by atoms with E-state index in [9.17, 15) is 0 Å². The Morgan fingerprint density at radius 3 is 3.14 bits per heavy atom. The van der Waals surface area contributed by atoms with Gasteiger partial charge in [-0.25, -0.2) is 4.98 Å². The topological polar surface area (TPSA) is 40.7 Å². The standard InChI is InChI=1S/C11H19N3/c1-9(6-10-2-3-10)13-5-4-11-7-12-8-14-11/h7-10,13H,2-6H2,1H3,(H,12,14). The third-order valence-electron chi connectivity index (χ3n) is 2.83. The molecule has 0 amide bonds. The van der Waals surface area contributed by atoms with Crippen LogP contribution in [0.5, 0.6) is 0 Å². The number of nitrogens with one attached hydrogen (secondary N) is 2. The molecule has 1 fully saturated rings. The molecule has 1 aromatic heterocycles. The van der Waals surface area contributed by atoms with E-state index in [1.807, 2.05) is 6.20 Å². The first kappa shape index (κ1) is 9.71. The van der Waals surface area contributed by atoms with Crippen LogP contribution in [0.4, 0.5) is 0 Å². The van der Waals surface area contributed by atoms with Crippen molar-refractivity contribution in [2.24, 2.45) is 5.92 Å². The smallest absolute Gasteiger partial charge is 0.0921 e. The Hall–Kier alpha value is -0.830. The third kappa shape index (κ3) is 3.14. The lowest BCUT2D eigenvalue weighted by Crippen LogP contribution is -2.28. The molecule has 14 heavy (non-hydrogen) atoms. The highest BCUT2D eigenvalue weighted by molar-refractivity contribution is 4.94. The normalized spacial score (nSPS) is 18.4. The van der Waals surface area contributed by atoms with Crippen LogP contribution in [0.15, 0.2) is 12.5 Å². The van der Waals surface area contributed by atoms with Crippen molar-refractivity contribution in [2.45, 2.75) is 38.6 Å².